The van der Waals surface area contributed by atoms with Crippen molar-refractivity contribution in [1.29, 1.82) is 0 Å². The lowest BCUT2D eigenvalue weighted by molar-refractivity contribution is 0.475. The minimum Gasteiger partial charge on any atom is -0.508 e. The molecule has 0 saturated heterocycles. The number of aromatic amines is 1. The number of nitrogens with one attached hydrogen (secondary N) is 3. The number of hydrogen-bond acceptors (Lipinski definition) is 5. The predicted octanol–water partition coefficient (Wildman–Crippen LogP) is 5.30. The van der Waals surface area contributed by atoms with Crippen LogP contribution in [-0.2, 0) is 0 Å². The van der Waals surface area contributed by atoms with Gasteiger partial charge in [-0.25, -0.2) is 4.98 Å². The highest BCUT2D eigenvalue weighted by atomic mass is 16.3. The lowest BCUT2D eigenvalue weighted by Gasteiger charge is -2.11. The van der Waals surface area contributed by atoms with Crippen molar-refractivity contribution in [2.45, 2.75) is 0 Å². The van der Waals surface area contributed by atoms with Gasteiger partial charge in [-0.05, 0) is 30.3 Å². The number of phenols is 1. The van der Waals surface area contributed by atoms with Gasteiger partial charge in [0.05, 0.1) is 16.4 Å². The van der Waals surface area contributed by atoms with Gasteiger partial charge in [0, 0.05) is 22.8 Å². The standard InChI is InChI=1S/C22H17N5O/c28-16-10-6-9-15(13-16)24-21-19-20(17-11-4-5-12-18(17)25-21)26-27-22(19)23-14-7-2-1-3-8-14/h1-13,28H,(H,24,25)(H2,23,26,27). The van der Waals surface area contributed by atoms with Gasteiger partial charge in [-0.2, -0.15) is 5.10 Å². The second-order valence-corrected chi connectivity index (χ2v) is 6.47. The largest absolute Gasteiger partial charge is 0.508 e. The number of benzene rings is 3. The first kappa shape index (κ1) is 16.1. The summed E-state index contributed by atoms with van der Waals surface area (Å²) in [4.78, 5) is 4.81. The van der Waals surface area contributed by atoms with E-state index in [1.807, 2.05) is 60.7 Å². The van der Waals surface area contributed by atoms with E-state index in [1.165, 1.54) is 0 Å². The fourth-order valence-electron chi connectivity index (χ4n) is 3.29. The van der Waals surface area contributed by atoms with Crippen LogP contribution in [0.4, 0.5) is 23.0 Å². The molecule has 5 rings (SSSR count). The number of aromatic nitrogens is 3. The van der Waals surface area contributed by atoms with Crippen LogP contribution in [0, 0.1) is 0 Å². The fourth-order valence-corrected chi connectivity index (χ4v) is 3.29. The number of hydrogen-bond donors (Lipinski definition) is 4. The van der Waals surface area contributed by atoms with Crippen molar-refractivity contribution in [2.75, 3.05) is 10.6 Å². The Hall–Kier alpha value is -4.06. The van der Waals surface area contributed by atoms with Gasteiger partial charge in [-0.3, -0.25) is 5.10 Å². The molecular formula is C22H17N5O. The molecule has 2 heterocycles. The van der Waals surface area contributed by atoms with Crippen molar-refractivity contribution in [3.05, 3.63) is 78.9 Å². The molecule has 6 nitrogen and oxygen atoms in total. The number of nitrogens with zero attached hydrogens (tertiary/aromatic N) is 2. The van der Waals surface area contributed by atoms with Crippen molar-refractivity contribution in [1.82, 2.24) is 15.2 Å². The molecule has 136 valence electrons. The first-order valence-corrected chi connectivity index (χ1v) is 8.93. The van der Waals surface area contributed by atoms with Crippen molar-refractivity contribution >= 4 is 44.8 Å². The number of phenolic OH excluding ortho intramolecular Hbond substituents is 1. The highest BCUT2D eigenvalue weighted by Crippen LogP contribution is 2.35. The van der Waals surface area contributed by atoms with Gasteiger partial charge in [0.15, 0.2) is 5.82 Å². The minimum absolute atomic E-state index is 0.192. The Morgan fingerprint density at radius 2 is 1.50 bits per heavy atom. The molecule has 0 unspecified atom stereocenters. The number of H-pyrrole nitrogens is 1. The van der Waals surface area contributed by atoms with Crippen LogP contribution in [0.1, 0.15) is 0 Å². The zero-order chi connectivity index (χ0) is 18.9. The Kier molecular flexibility index (Phi) is 3.80. The molecule has 28 heavy (non-hydrogen) atoms. The molecule has 0 aliphatic heterocycles. The molecule has 0 amide bonds. The maximum atomic E-state index is 9.79. The third-order valence-electron chi connectivity index (χ3n) is 4.55. The number of pyridine rings is 1. The van der Waals surface area contributed by atoms with Crippen LogP contribution in [0.5, 0.6) is 5.75 Å². The molecule has 5 aromatic rings. The minimum atomic E-state index is 0.192. The maximum Gasteiger partial charge on any atom is 0.163 e. The number of anilines is 4. The van der Waals surface area contributed by atoms with Crippen LogP contribution >= 0.6 is 0 Å². The van der Waals surface area contributed by atoms with E-state index in [0.29, 0.717) is 11.6 Å². The Balaban J connectivity index is 1.70. The molecule has 6 heteroatoms. The van der Waals surface area contributed by atoms with Crippen molar-refractivity contribution in [3.63, 3.8) is 0 Å². The van der Waals surface area contributed by atoms with E-state index < -0.39 is 0 Å². The number of aromatic hydroxyl groups is 1. The topological polar surface area (TPSA) is 85.9 Å². The Morgan fingerprint density at radius 1 is 0.750 bits per heavy atom. The smallest absolute Gasteiger partial charge is 0.163 e. The van der Waals surface area contributed by atoms with Crippen molar-refractivity contribution < 1.29 is 5.11 Å². The molecular weight excluding hydrogens is 350 g/mol. The molecule has 3 aromatic carbocycles. The Bertz CT molecular complexity index is 1280. The molecule has 4 N–H and O–H groups in total. The summed E-state index contributed by atoms with van der Waals surface area (Å²) in [5, 5.41) is 26.0. The van der Waals surface area contributed by atoms with E-state index in [0.717, 1.165) is 33.2 Å². The van der Waals surface area contributed by atoms with E-state index in [-0.39, 0.29) is 5.75 Å². The SMILES string of the molecule is Oc1cccc(Nc2nc3ccccc3c3[nH]nc(Nc4ccccc4)c23)c1. The van der Waals surface area contributed by atoms with Gasteiger partial charge < -0.3 is 15.7 Å². The fraction of sp³-hybridized carbons (Fsp3) is 0. The molecule has 0 aliphatic rings. The molecule has 0 aliphatic carbocycles. The normalized spacial score (nSPS) is 11.0. The van der Waals surface area contributed by atoms with Gasteiger partial charge in [0.2, 0.25) is 0 Å². The van der Waals surface area contributed by atoms with Crippen LogP contribution in [-0.4, -0.2) is 20.3 Å². The van der Waals surface area contributed by atoms with Crippen LogP contribution in [0.2, 0.25) is 0 Å². The van der Waals surface area contributed by atoms with Crippen molar-refractivity contribution in [3.8, 4) is 5.75 Å². The van der Waals surface area contributed by atoms with Gasteiger partial charge in [-0.15, -0.1) is 0 Å². The van der Waals surface area contributed by atoms with E-state index in [9.17, 15) is 5.11 Å². The Labute approximate surface area is 160 Å². The molecule has 0 bridgehead atoms. The van der Waals surface area contributed by atoms with Crippen LogP contribution in [0.15, 0.2) is 78.9 Å². The highest BCUT2D eigenvalue weighted by molar-refractivity contribution is 6.13. The molecule has 0 atom stereocenters. The second kappa shape index (κ2) is 6.59. The summed E-state index contributed by atoms with van der Waals surface area (Å²) in [5.41, 5.74) is 3.43. The van der Waals surface area contributed by atoms with Crippen LogP contribution in [0.25, 0.3) is 21.8 Å². The van der Waals surface area contributed by atoms with E-state index in [1.54, 1.807) is 18.2 Å². The third kappa shape index (κ3) is 2.87. The van der Waals surface area contributed by atoms with Crippen LogP contribution < -0.4 is 10.6 Å². The summed E-state index contributed by atoms with van der Waals surface area (Å²) in [7, 11) is 0. The third-order valence-corrected chi connectivity index (χ3v) is 4.55. The maximum absolute atomic E-state index is 9.79. The monoisotopic (exact) mass is 367 g/mol. The summed E-state index contributed by atoms with van der Waals surface area (Å²) in [6.07, 6.45) is 0. The second-order valence-electron chi connectivity index (χ2n) is 6.47. The lowest BCUT2D eigenvalue weighted by Crippen LogP contribution is -1.97. The van der Waals surface area contributed by atoms with E-state index in [4.69, 9.17) is 4.98 Å². The van der Waals surface area contributed by atoms with Gasteiger partial charge in [-0.1, -0.05) is 42.5 Å². The van der Waals surface area contributed by atoms with E-state index >= 15 is 0 Å². The number of fused-ring (bicyclic) bond motifs is 3. The molecule has 0 radical (unpaired) electrons. The first-order valence-electron chi connectivity index (χ1n) is 8.93. The number of rotatable bonds is 4. The molecule has 2 aromatic heterocycles. The average Bonchev–Trinajstić information content (AvgIpc) is 3.13. The summed E-state index contributed by atoms with van der Waals surface area (Å²) >= 11 is 0. The summed E-state index contributed by atoms with van der Waals surface area (Å²) in [6, 6.07) is 24.8. The van der Waals surface area contributed by atoms with Gasteiger partial charge in [0.25, 0.3) is 0 Å². The number of para-hydroxylation sites is 2. The zero-order valence-electron chi connectivity index (χ0n) is 14.8. The van der Waals surface area contributed by atoms with Gasteiger partial charge >= 0.3 is 0 Å². The van der Waals surface area contributed by atoms with Crippen LogP contribution in [0.3, 0.4) is 0 Å². The quantitative estimate of drug-likeness (QED) is 0.346. The summed E-state index contributed by atoms with van der Waals surface area (Å²) in [5.74, 6) is 1.53. The van der Waals surface area contributed by atoms with E-state index in [2.05, 4.69) is 20.8 Å². The Morgan fingerprint density at radius 3 is 2.36 bits per heavy atom. The van der Waals surface area contributed by atoms with Gasteiger partial charge in [0.1, 0.15) is 11.6 Å². The highest BCUT2D eigenvalue weighted by Gasteiger charge is 2.16. The molecule has 0 saturated carbocycles. The zero-order valence-corrected chi connectivity index (χ0v) is 14.8. The summed E-state index contributed by atoms with van der Waals surface area (Å²) < 4.78 is 0. The first-order chi connectivity index (χ1) is 13.8. The summed E-state index contributed by atoms with van der Waals surface area (Å²) in [6.45, 7) is 0. The lowest BCUT2D eigenvalue weighted by atomic mass is 10.1. The molecule has 0 spiro atoms. The van der Waals surface area contributed by atoms with Crippen molar-refractivity contribution in [2.24, 2.45) is 0 Å². The average molecular weight is 367 g/mol. The predicted molar refractivity (Wildman–Crippen MR) is 113 cm³/mol. The molecule has 0 fully saturated rings.